The Balaban J connectivity index is 1.90. The van der Waals surface area contributed by atoms with Crippen molar-refractivity contribution in [1.29, 1.82) is 0 Å². The lowest BCUT2D eigenvalue weighted by Crippen LogP contribution is -2.34. The molecule has 0 aliphatic carbocycles. The van der Waals surface area contributed by atoms with Gasteiger partial charge in [-0.25, -0.2) is 4.39 Å². The molecule has 1 unspecified atom stereocenters. The third kappa shape index (κ3) is 2.72. The predicted molar refractivity (Wildman–Crippen MR) is 79.1 cm³/mol. The van der Waals surface area contributed by atoms with Crippen molar-refractivity contribution in [3.05, 3.63) is 59.4 Å². The van der Waals surface area contributed by atoms with Crippen LogP contribution in [0.5, 0.6) is 11.5 Å². The number of fused-ring (bicyclic) bond motifs is 1. The van der Waals surface area contributed by atoms with Gasteiger partial charge in [-0.1, -0.05) is 25.1 Å². The molecule has 4 heteroatoms. The highest BCUT2D eigenvalue weighted by molar-refractivity contribution is 5.47. The van der Waals surface area contributed by atoms with Crippen molar-refractivity contribution in [2.24, 2.45) is 5.73 Å². The number of hydrogen-bond donors (Lipinski definition) is 1. The molecule has 0 saturated carbocycles. The van der Waals surface area contributed by atoms with Crippen LogP contribution >= 0.6 is 0 Å². The van der Waals surface area contributed by atoms with E-state index < -0.39 is 0 Å². The molecule has 0 amide bonds. The third-order valence-corrected chi connectivity index (χ3v) is 4.03. The van der Waals surface area contributed by atoms with Crippen LogP contribution in [-0.4, -0.2) is 13.3 Å². The molecule has 1 heterocycles. The Morgan fingerprint density at radius 2 is 1.81 bits per heavy atom. The van der Waals surface area contributed by atoms with Gasteiger partial charge >= 0.3 is 0 Å². The summed E-state index contributed by atoms with van der Waals surface area (Å²) >= 11 is 0. The minimum atomic E-state index is -0.237. The smallest absolute Gasteiger partial charge is 0.231 e. The van der Waals surface area contributed by atoms with E-state index in [0.29, 0.717) is 6.54 Å². The van der Waals surface area contributed by atoms with Crippen LogP contribution in [0.3, 0.4) is 0 Å². The monoisotopic (exact) mass is 287 g/mol. The quantitative estimate of drug-likeness (QED) is 0.940. The highest BCUT2D eigenvalue weighted by atomic mass is 19.1. The fourth-order valence-electron chi connectivity index (χ4n) is 2.62. The number of benzene rings is 2. The molecular formula is C17H18FNO2. The molecule has 0 bridgehead atoms. The Morgan fingerprint density at radius 3 is 2.52 bits per heavy atom. The second-order valence-corrected chi connectivity index (χ2v) is 5.64. The van der Waals surface area contributed by atoms with Crippen LogP contribution in [0.25, 0.3) is 0 Å². The van der Waals surface area contributed by atoms with Gasteiger partial charge in [-0.15, -0.1) is 0 Å². The molecule has 0 saturated heterocycles. The van der Waals surface area contributed by atoms with Crippen molar-refractivity contribution >= 4 is 0 Å². The molecule has 0 aromatic heterocycles. The van der Waals surface area contributed by atoms with Crippen molar-refractivity contribution in [2.75, 3.05) is 13.3 Å². The summed E-state index contributed by atoms with van der Waals surface area (Å²) in [5.74, 6) is 1.29. The van der Waals surface area contributed by atoms with Crippen LogP contribution in [0, 0.1) is 5.82 Å². The number of ether oxygens (including phenoxy) is 2. The van der Waals surface area contributed by atoms with Gasteiger partial charge in [0.1, 0.15) is 5.82 Å². The molecule has 1 aliphatic heterocycles. The summed E-state index contributed by atoms with van der Waals surface area (Å²) in [5, 5.41) is 0. The van der Waals surface area contributed by atoms with Gasteiger partial charge in [0.2, 0.25) is 6.79 Å². The number of rotatable bonds is 4. The molecule has 2 aromatic carbocycles. The fraction of sp³-hybridized carbons (Fsp3) is 0.294. The molecule has 21 heavy (non-hydrogen) atoms. The van der Waals surface area contributed by atoms with E-state index in [1.165, 1.54) is 12.1 Å². The average Bonchev–Trinajstić information content (AvgIpc) is 2.97. The first-order valence-corrected chi connectivity index (χ1v) is 6.95. The van der Waals surface area contributed by atoms with E-state index in [4.69, 9.17) is 15.2 Å². The maximum Gasteiger partial charge on any atom is 0.231 e. The first kappa shape index (κ1) is 13.9. The van der Waals surface area contributed by atoms with Gasteiger partial charge in [0.05, 0.1) is 0 Å². The fourth-order valence-corrected chi connectivity index (χ4v) is 2.62. The van der Waals surface area contributed by atoms with Crippen molar-refractivity contribution < 1.29 is 13.9 Å². The van der Waals surface area contributed by atoms with Crippen LogP contribution in [0.15, 0.2) is 42.5 Å². The van der Waals surface area contributed by atoms with Crippen molar-refractivity contribution in [3.8, 4) is 11.5 Å². The lowest BCUT2D eigenvalue weighted by atomic mass is 9.77. The molecular weight excluding hydrogens is 269 g/mol. The Morgan fingerprint density at radius 1 is 1.10 bits per heavy atom. The first-order valence-electron chi connectivity index (χ1n) is 6.95. The van der Waals surface area contributed by atoms with E-state index in [0.717, 1.165) is 29.0 Å². The van der Waals surface area contributed by atoms with Crippen LogP contribution in [0.2, 0.25) is 0 Å². The van der Waals surface area contributed by atoms with Crippen LogP contribution in [0.1, 0.15) is 18.1 Å². The zero-order valence-corrected chi connectivity index (χ0v) is 11.9. The summed E-state index contributed by atoms with van der Waals surface area (Å²) in [6.07, 6.45) is 0.740. The summed E-state index contributed by atoms with van der Waals surface area (Å²) in [6, 6.07) is 12.5. The van der Waals surface area contributed by atoms with E-state index in [2.05, 4.69) is 6.92 Å². The van der Waals surface area contributed by atoms with Crippen molar-refractivity contribution in [2.45, 2.75) is 18.8 Å². The van der Waals surface area contributed by atoms with Crippen molar-refractivity contribution in [1.82, 2.24) is 0 Å². The van der Waals surface area contributed by atoms with Gasteiger partial charge in [0.25, 0.3) is 0 Å². The summed E-state index contributed by atoms with van der Waals surface area (Å²) in [4.78, 5) is 0. The van der Waals surface area contributed by atoms with Gasteiger partial charge in [-0.2, -0.15) is 0 Å². The van der Waals surface area contributed by atoms with E-state index in [9.17, 15) is 4.39 Å². The predicted octanol–water partition coefficient (Wildman–Crippen LogP) is 3.01. The molecule has 1 aliphatic rings. The standard InChI is InChI=1S/C17H18FNO2/c1-17(10-19,9-12-2-5-14(18)6-3-12)13-4-7-15-16(8-13)21-11-20-15/h2-8H,9-11,19H2,1H3. The molecule has 0 spiro atoms. The van der Waals surface area contributed by atoms with Crippen LogP contribution < -0.4 is 15.2 Å². The molecule has 0 fully saturated rings. The molecule has 2 aromatic rings. The van der Waals surface area contributed by atoms with E-state index in [-0.39, 0.29) is 18.0 Å². The summed E-state index contributed by atoms with van der Waals surface area (Å²) in [5.41, 5.74) is 7.93. The SMILES string of the molecule is CC(CN)(Cc1ccc(F)cc1)c1ccc2c(c1)OCO2. The zero-order chi connectivity index (χ0) is 14.9. The maximum absolute atomic E-state index is 13.0. The Bertz CT molecular complexity index is 642. The van der Waals surface area contributed by atoms with Gasteiger partial charge in [0.15, 0.2) is 11.5 Å². The maximum atomic E-state index is 13.0. The second-order valence-electron chi connectivity index (χ2n) is 5.64. The Labute approximate surface area is 123 Å². The van der Waals surface area contributed by atoms with Gasteiger partial charge in [-0.3, -0.25) is 0 Å². The van der Waals surface area contributed by atoms with E-state index >= 15 is 0 Å². The molecule has 1 atom stereocenters. The topological polar surface area (TPSA) is 44.5 Å². The van der Waals surface area contributed by atoms with E-state index in [1.54, 1.807) is 12.1 Å². The Kier molecular flexibility index (Phi) is 3.55. The number of halogens is 1. The average molecular weight is 287 g/mol. The lowest BCUT2D eigenvalue weighted by molar-refractivity contribution is 0.174. The zero-order valence-electron chi connectivity index (χ0n) is 11.9. The second kappa shape index (κ2) is 5.37. The van der Waals surface area contributed by atoms with Crippen LogP contribution in [-0.2, 0) is 11.8 Å². The highest BCUT2D eigenvalue weighted by Gasteiger charge is 2.27. The molecule has 0 radical (unpaired) electrons. The number of nitrogens with two attached hydrogens (primary N) is 1. The van der Waals surface area contributed by atoms with Gasteiger partial charge < -0.3 is 15.2 Å². The summed E-state index contributed by atoms with van der Waals surface area (Å²) in [6.45, 7) is 2.86. The van der Waals surface area contributed by atoms with Gasteiger partial charge in [0, 0.05) is 12.0 Å². The normalized spacial score (nSPS) is 15.8. The van der Waals surface area contributed by atoms with Gasteiger partial charge in [-0.05, 0) is 41.8 Å². The van der Waals surface area contributed by atoms with Crippen molar-refractivity contribution in [3.63, 3.8) is 0 Å². The number of hydrogen-bond acceptors (Lipinski definition) is 3. The highest BCUT2D eigenvalue weighted by Crippen LogP contribution is 2.37. The molecule has 3 rings (SSSR count). The minimum Gasteiger partial charge on any atom is -0.454 e. The molecule has 110 valence electrons. The first-order chi connectivity index (χ1) is 10.1. The summed E-state index contributed by atoms with van der Waals surface area (Å²) in [7, 11) is 0. The molecule has 3 nitrogen and oxygen atoms in total. The van der Waals surface area contributed by atoms with E-state index in [1.807, 2.05) is 18.2 Å². The third-order valence-electron chi connectivity index (χ3n) is 4.03. The minimum absolute atomic E-state index is 0.226. The Hall–Kier alpha value is -2.07. The lowest BCUT2D eigenvalue weighted by Gasteiger charge is -2.29. The largest absolute Gasteiger partial charge is 0.454 e. The van der Waals surface area contributed by atoms with Crippen LogP contribution in [0.4, 0.5) is 4.39 Å². The molecule has 2 N–H and O–H groups in total. The summed E-state index contributed by atoms with van der Waals surface area (Å²) < 4.78 is 23.8.